The Morgan fingerprint density at radius 3 is 3.06 bits per heavy atom. The molecule has 17 heavy (non-hydrogen) atoms. The van der Waals surface area contributed by atoms with Gasteiger partial charge >= 0.3 is 0 Å². The maximum absolute atomic E-state index is 9.62. The van der Waals surface area contributed by atoms with Gasteiger partial charge in [0.05, 0.1) is 19.3 Å². The fourth-order valence-corrected chi connectivity index (χ4v) is 1.34. The molecule has 1 heterocycles. The molecule has 1 aromatic heterocycles. The van der Waals surface area contributed by atoms with Crippen molar-refractivity contribution in [3.8, 4) is 0 Å². The highest BCUT2D eigenvalue weighted by Gasteiger charge is 2.05. The van der Waals surface area contributed by atoms with Crippen molar-refractivity contribution >= 4 is 0 Å². The number of ether oxygens (including phenoxy) is 1. The molecule has 1 rings (SSSR count). The summed E-state index contributed by atoms with van der Waals surface area (Å²) in [5, 5.41) is 20.4. The van der Waals surface area contributed by atoms with Gasteiger partial charge in [0, 0.05) is 20.2 Å². The topological polar surface area (TPSA) is 72.2 Å². The molecule has 0 fully saturated rings. The average molecular weight is 242 g/mol. The molecule has 6 heteroatoms. The Bertz CT molecular complexity index is 303. The van der Waals surface area contributed by atoms with Crippen LogP contribution in [0, 0.1) is 0 Å². The first-order chi connectivity index (χ1) is 8.24. The molecule has 98 valence electrons. The van der Waals surface area contributed by atoms with E-state index in [9.17, 15) is 5.11 Å². The van der Waals surface area contributed by atoms with Crippen molar-refractivity contribution in [1.82, 2.24) is 20.1 Å². The van der Waals surface area contributed by atoms with E-state index in [1.807, 2.05) is 11.6 Å². The highest BCUT2D eigenvalue weighted by molar-refractivity contribution is 4.83. The smallest absolute Gasteiger partial charge is 0.146 e. The van der Waals surface area contributed by atoms with E-state index in [0.29, 0.717) is 19.7 Å². The van der Waals surface area contributed by atoms with Gasteiger partial charge in [0.25, 0.3) is 0 Å². The van der Waals surface area contributed by atoms with Gasteiger partial charge in [0.1, 0.15) is 12.2 Å². The van der Waals surface area contributed by atoms with Gasteiger partial charge in [-0.2, -0.15) is 0 Å². The Morgan fingerprint density at radius 2 is 2.41 bits per heavy atom. The highest BCUT2D eigenvalue weighted by Crippen LogP contribution is 1.92. The van der Waals surface area contributed by atoms with E-state index in [1.54, 1.807) is 6.33 Å². The van der Waals surface area contributed by atoms with Gasteiger partial charge < -0.3 is 19.7 Å². The van der Waals surface area contributed by atoms with Gasteiger partial charge in [-0.1, -0.05) is 13.3 Å². The molecule has 0 aromatic carbocycles. The number of aryl methyl sites for hydroxylation is 1. The summed E-state index contributed by atoms with van der Waals surface area (Å²) in [6.45, 7) is 4.31. The minimum Gasteiger partial charge on any atom is -0.389 e. The van der Waals surface area contributed by atoms with E-state index < -0.39 is 6.10 Å². The van der Waals surface area contributed by atoms with E-state index in [4.69, 9.17) is 4.74 Å². The van der Waals surface area contributed by atoms with Gasteiger partial charge in [-0.15, -0.1) is 10.2 Å². The Morgan fingerprint density at radius 1 is 1.59 bits per heavy atom. The van der Waals surface area contributed by atoms with Crippen molar-refractivity contribution in [2.24, 2.45) is 7.05 Å². The first kappa shape index (κ1) is 14.1. The third kappa shape index (κ3) is 5.76. The van der Waals surface area contributed by atoms with E-state index in [2.05, 4.69) is 22.4 Å². The molecule has 0 radical (unpaired) electrons. The molecule has 0 amide bonds. The summed E-state index contributed by atoms with van der Waals surface area (Å²) in [5.74, 6) is 0.851. The monoisotopic (exact) mass is 242 g/mol. The SMILES string of the molecule is CCCCOCC(O)CNCc1nncn1C. The first-order valence-electron chi connectivity index (χ1n) is 6.03. The molecule has 1 unspecified atom stereocenters. The zero-order chi connectivity index (χ0) is 12.5. The van der Waals surface area contributed by atoms with Gasteiger partial charge in [-0.05, 0) is 6.42 Å². The summed E-state index contributed by atoms with van der Waals surface area (Å²) >= 11 is 0. The van der Waals surface area contributed by atoms with Crippen LogP contribution in [0.5, 0.6) is 0 Å². The second-order valence-electron chi connectivity index (χ2n) is 4.07. The lowest BCUT2D eigenvalue weighted by atomic mass is 10.3. The molecule has 1 atom stereocenters. The van der Waals surface area contributed by atoms with Crippen molar-refractivity contribution in [2.45, 2.75) is 32.4 Å². The van der Waals surface area contributed by atoms with Gasteiger partial charge in [0.2, 0.25) is 0 Å². The molecule has 6 nitrogen and oxygen atoms in total. The molecule has 0 aliphatic carbocycles. The number of aliphatic hydroxyl groups excluding tert-OH is 1. The van der Waals surface area contributed by atoms with Crippen LogP contribution in [0.4, 0.5) is 0 Å². The number of rotatable bonds is 9. The molecule has 0 bridgehead atoms. The number of unbranched alkanes of at least 4 members (excludes halogenated alkanes) is 1. The summed E-state index contributed by atoms with van der Waals surface area (Å²) in [5.41, 5.74) is 0. The lowest BCUT2D eigenvalue weighted by molar-refractivity contribution is 0.0357. The van der Waals surface area contributed by atoms with E-state index in [-0.39, 0.29) is 0 Å². The number of aromatic nitrogens is 3. The third-order valence-electron chi connectivity index (χ3n) is 2.42. The normalized spacial score (nSPS) is 12.9. The van der Waals surface area contributed by atoms with Crippen LogP contribution in [-0.2, 0) is 18.3 Å². The maximum Gasteiger partial charge on any atom is 0.146 e. The quantitative estimate of drug-likeness (QED) is 0.600. The predicted octanol–water partition coefficient (Wildman–Crippen LogP) is 0.0823. The van der Waals surface area contributed by atoms with Crippen LogP contribution in [0.15, 0.2) is 6.33 Å². The largest absolute Gasteiger partial charge is 0.389 e. The van der Waals surface area contributed by atoms with Gasteiger partial charge in [0.15, 0.2) is 0 Å². The fourth-order valence-electron chi connectivity index (χ4n) is 1.34. The number of aliphatic hydroxyl groups is 1. The molecular formula is C11H22N4O2. The zero-order valence-electron chi connectivity index (χ0n) is 10.6. The highest BCUT2D eigenvalue weighted by atomic mass is 16.5. The number of nitrogens with zero attached hydrogens (tertiary/aromatic N) is 3. The van der Waals surface area contributed by atoms with Crippen molar-refractivity contribution in [1.29, 1.82) is 0 Å². The van der Waals surface area contributed by atoms with E-state index >= 15 is 0 Å². The second kappa shape index (κ2) is 8.16. The first-order valence-corrected chi connectivity index (χ1v) is 6.03. The van der Waals surface area contributed by atoms with Crippen LogP contribution in [0.2, 0.25) is 0 Å². The van der Waals surface area contributed by atoms with Crippen LogP contribution in [-0.4, -0.2) is 45.7 Å². The van der Waals surface area contributed by atoms with E-state index in [1.165, 1.54) is 0 Å². The van der Waals surface area contributed by atoms with Crippen LogP contribution in [0.3, 0.4) is 0 Å². The van der Waals surface area contributed by atoms with Crippen molar-refractivity contribution in [3.05, 3.63) is 12.2 Å². The number of hydrogen-bond donors (Lipinski definition) is 2. The molecule has 0 saturated carbocycles. The Balaban J connectivity index is 2.04. The summed E-state index contributed by atoms with van der Waals surface area (Å²) in [6, 6.07) is 0. The predicted molar refractivity (Wildman–Crippen MR) is 64.4 cm³/mol. The molecule has 2 N–H and O–H groups in total. The zero-order valence-corrected chi connectivity index (χ0v) is 10.6. The lowest BCUT2D eigenvalue weighted by Crippen LogP contribution is -2.30. The Labute approximate surface area is 102 Å². The van der Waals surface area contributed by atoms with Gasteiger partial charge in [-0.3, -0.25) is 0 Å². The number of hydrogen-bond acceptors (Lipinski definition) is 5. The maximum atomic E-state index is 9.62. The minimum atomic E-state index is -0.472. The Kier molecular flexibility index (Phi) is 6.76. The van der Waals surface area contributed by atoms with Gasteiger partial charge in [-0.25, -0.2) is 0 Å². The summed E-state index contributed by atoms with van der Waals surface area (Å²) in [7, 11) is 1.89. The summed E-state index contributed by atoms with van der Waals surface area (Å²) in [6.07, 6.45) is 3.33. The summed E-state index contributed by atoms with van der Waals surface area (Å²) in [4.78, 5) is 0. The standard InChI is InChI=1S/C11H22N4O2/c1-3-4-5-17-8-10(16)6-12-7-11-14-13-9-15(11)2/h9-10,12,16H,3-8H2,1-2H3. The fraction of sp³-hybridized carbons (Fsp3) is 0.818. The lowest BCUT2D eigenvalue weighted by Gasteiger charge is -2.11. The van der Waals surface area contributed by atoms with Crippen LogP contribution in [0.1, 0.15) is 25.6 Å². The average Bonchev–Trinajstić information content (AvgIpc) is 2.71. The Hall–Kier alpha value is -0.980. The molecule has 0 saturated heterocycles. The molecule has 0 aliphatic rings. The number of nitrogens with one attached hydrogen (secondary N) is 1. The van der Waals surface area contributed by atoms with Crippen LogP contribution in [0.25, 0.3) is 0 Å². The van der Waals surface area contributed by atoms with Crippen molar-refractivity contribution in [2.75, 3.05) is 19.8 Å². The molecule has 0 aliphatic heterocycles. The molecule has 0 spiro atoms. The molecular weight excluding hydrogens is 220 g/mol. The summed E-state index contributed by atoms with van der Waals surface area (Å²) < 4.78 is 7.17. The molecule has 1 aromatic rings. The van der Waals surface area contributed by atoms with Crippen LogP contribution < -0.4 is 5.32 Å². The third-order valence-corrected chi connectivity index (χ3v) is 2.42. The van der Waals surface area contributed by atoms with Crippen LogP contribution >= 0.6 is 0 Å². The van der Waals surface area contributed by atoms with E-state index in [0.717, 1.165) is 25.3 Å². The second-order valence-corrected chi connectivity index (χ2v) is 4.07. The van der Waals surface area contributed by atoms with Crippen molar-refractivity contribution < 1.29 is 9.84 Å². The minimum absolute atomic E-state index is 0.381. The van der Waals surface area contributed by atoms with Crippen molar-refractivity contribution in [3.63, 3.8) is 0 Å².